The number of ketones is 1. The number of pyridine rings is 1. The molecule has 34 heavy (non-hydrogen) atoms. The summed E-state index contributed by atoms with van der Waals surface area (Å²) in [5, 5.41) is 11.5. The molecule has 1 fully saturated rings. The molecule has 4 aromatic rings. The second kappa shape index (κ2) is 8.72. The fourth-order valence-corrected chi connectivity index (χ4v) is 5.03. The first kappa shape index (κ1) is 21.8. The standard InChI is InChI=1S/C26H21N3O4S/c1-3-33-18-8-9-19-20(14-18)34-26(28-19)29-22(16-10-12-27-13-11-16)21(24(31)25(29)32)23(30)17-6-4-15(2)5-7-17/h4-14,22,30H,3H2,1-2H3. The predicted molar refractivity (Wildman–Crippen MR) is 131 cm³/mol. The van der Waals surface area contributed by atoms with Crippen LogP contribution in [0.3, 0.4) is 0 Å². The number of thiazole rings is 1. The van der Waals surface area contributed by atoms with Crippen LogP contribution in [0.2, 0.25) is 0 Å². The van der Waals surface area contributed by atoms with Crippen LogP contribution in [0.1, 0.15) is 29.7 Å². The zero-order valence-corrected chi connectivity index (χ0v) is 19.4. The number of aliphatic hydroxyl groups excluding tert-OH is 1. The molecule has 7 nitrogen and oxygen atoms in total. The van der Waals surface area contributed by atoms with E-state index in [-0.39, 0.29) is 11.3 Å². The van der Waals surface area contributed by atoms with Crippen LogP contribution in [0.4, 0.5) is 5.13 Å². The molecule has 3 heterocycles. The van der Waals surface area contributed by atoms with Gasteiger partial charge in [0.05, 0.1) is 28.4 Å². The minimum Gasteiger partial charge on any atom is -0.507 e. The topological polar surface area (TPSA) is 92.6 Å². The Morgan fingerprint density at radius 2 is 1.82 bits per heavy atom. The van der Waals surface area contributed by atoms with Crippen molar-refractivity contribution in [2.45, 2.75) is 19.9 Å². The smallest absolute Gasteiger partial charge is 0.301 e. The summed E-state index contributed by atoms with van der Waals surface area (Å²) in [4.78, 5) is 36.6. The fourth-order valence-electron chi connectivity index (χ4n) is 4.01. The van der Waals surface area contributed by atoms with Crippen molar-refractivity contribution in [3.05, 3.63) is 89.3 Å². The number of amides is 1. The third kappa shape index (κ3) is 3.72. The lowest BCUT2D eigenvalue weighted by Crippen LogP contribution is -2.29. The van der Waals surface area contributed by atoms with Crippen molar-refractivity contribution in [1.29, 1.82) is 0 Å². The molecule has 1 amide bonds. The van der Waals surface area contributed by atoms with Gasteiger partial charge in [-0.3, -0.25) is 19.5 Å². The zero-order valence-electron chi connectivity index (χ0n) is 18.6. The number of hydrogen-bond acceptors (Lipinski definition) is 7. The summed E-state index contributed by atoms with van der Waals surface area (Å²) in [5.41, 5.74) is 2.85. The van der Waals surface area contributed by atoms with Gasteiger partial charge in [0.1, 0.15) is 11.5 Å². The molecular formula is C26H21N3O4S. The van der Waals surface area contributed by atoms with Gasteiger partial charge in [0.2, 0.25) is 0 Å². The van der Waals surface area contributed by atoms with E-state index in [0.29, 0.717) is 34.1 Å². The number of nitrogens with zero attached hydrogens (tertiary/aromatic N) is 3. The van der Waals surface area contributed by atoms with Gasteiger partial charge in [-0.1, -0.05) is 41.2 Å². The van der Waals surface area contributed by atoms with E-state index in [4.69, 9.17) is 4.74 Å². The third-order valence-corrected chi connectivity index (χ3v) is 6.67. The van der Waals surface area contributed by atoms with Crippen LogP contribution in [0.25, 0.3) is 16.0 Å². The van der Waals surface area contributed by atoms with Crippen molar-refractivity contribution in [1.82, 2.24) is 9.97 Å². The molecule has 8 heteroatoms. The van der Waals surface area contributed by atoms with E-state index < -0.39 is 17.7 Å². The number of hydrogen-bond donors (Lipinski definition) is 1. The largest absolute Gasteiger partial charge is 0.507 e. The van der Waals surface area contributed by atoms with Crippen molar-refractivity contribution in [3.63, 3.8) is 0 Å². The maximum Gasteiger partial charge on any atom is 0.301 e. The maximum atomic E-state index is 13.3. The van der Waals surface area contributed by atoms with Crippen LogP contribution in [-0.2, 0) is 9.59 Å². The first-order valence-electron chi connectivity index (χ1n) is 10.8. The van der Waals surface area contributed by atoms with Crippen LogP contribution in [0.5, 0.6) is 5.75 Å². The van der Waals surface area contributed by atoms with Gasteiger partial charge < -0.3 is 9.84 Å². The fraction of sp³-hybridized carbons (Fsp3) is 0.154. The average Bonchev–Trinajstić information content (AvgIpc) is 3.38. The number of benzene rings is 2. The maximum absolute atomic E-state index is 13.3. The molecule has 0 radical (unpaired) electrons. The van der Waals surface area contributed by atoms with Gasteiger partial charge >= 0.3 is 5.91 Å². The highest BCUT2D eigenvalue weighted by atomic mass is 32.1. The summed E-state index contributed by atoms with van der Waals surface area (Å²) >= 11 is 1.29. The molecule has 1 unspecified atom stereocenters. The van der Waals surface area contributed by atoms with Gasteiger partial charge in [-0.2, -0.15) is 0 Å². The second-order valence-corrected chi connectivity index (χ2v) is 8.88. The van der Waals surface area contributed by atoms with Gasteiger partial charge in [-0.25, -0.2) is 4.98 Å². The molecule has 2 aromatic carbocycles. The van der Waals surface area contributed by atoms with Crippen molar-refractivity contribution in [2.24, 2.45) is 0 Å². The molecule has 0 saturated carbocycles. The highest BCUT2D eigenvalue weighted by Gasteiger charge is 2.48. The Morgan fingerprint density at radius 1 is 1.09 bits per heavy atom. The summed E-state index contributed by atoms with van der Waals surface area (Å²) in [7, 11) is 0. The van der Waals surface area contributed by atoms with Gasteiger partial charge in [0.15, 0.2) is 5.13 Å². The van der Waals surface area contributed by atoms with E-state index in [2.05, 4.69) is 9.97 Å². The number of aryl methyl sites for hydroxylation is 1. The van der Waals surface area contributed by atoms with E-state index in [9.17, 15) is 14.7 Å². The van der Waals surface area contributed by atoms with Gasteiger partial charge in [-0.05, 0) is 49.7 Å². The number of Topliss-reactive ketones (excluding diaryl/α,β-unsaturated/α-hetero) is 1. The van der Waals surface area contributed by atoms with Crippen molar-refractivity contribution < 1.29 is 19.4 Å². The molecule has 1 N–H and O–H groups in total. The molecule has 1 aliphatic rings. The Hall–Kier alpha value is -4.04. The Bertz CT molecular complexity index is 1430. The molecule has 170 valence electrons. The zero-order chi connectivity index (χ0) is 23.8. The molecule has 2 aromatic heterocycles. The van der Waals surface area contributed by atoms with Gasteiger partial charge in [0.25, 0.3) is 5.78 Å². The average molecular weight is 472 g/mol. The minimum atomic E-state index is -0.837. The highest BCUT2D eigenvalue weighted by molar-refractivity contribution is 7.22. The molecule has 1 saturated heterocycles. The first-order valence-corrected chi connectivity index (χ1v) is 11.6. The minimum absolute atomic E-state index is 0.0225. The molecule has 5 rings (SSSR count). The molecule has 1 aliphatic heterocycles. The lowest BCUT2D eigenvalue weighted by molar-refractivity contribution is -0.132. The predicted octanol–water partition coefficient (Wildman–Crippen LogP) is 5.02. The van der Waals surface area contributed by atoms with Crippen LogP contribution in [0, 0.1) is 6.92 Å². The van der Waals surface area contributed by atoms with Crippen LogP contribution >= 0.6 is 11.3 Å². The Kier molecular flexibility index (Phi) is 5.59. The van der Waals surface area contributed by atoms with Crippen molar-refractivity contribution in [2.75, 3.05) is 11.5 Å². The number of anilines is 1. The van der Waals surface area contributed by atoms with E-state index in [1.165, 1.54) is 16.2 Å². The van der Waals surface area contributed by atoms with Crippen molar-refractivity contribution >= 4 is 44.1 Å². The van der Waals surface area contributed by atoms with Crippen molar-refractivity contribution in [3.8, 4) is 5.75 Å². The summed E-state index contributed by atoms with van der Waals surface area (Å²) in [6.07, 6.45) is 3.18. The van der Waals surface area contributed by atoms with E-state index in [0.717, 1.165) is 10.3 Å². The molecule has 0 bridgehead atoms. The normalized spacial score (nSPS) is 17.5. The highest BCUT2D eigenvalue weighted by Crippen LogP contribution is 2.44. The molecule has 0 spiro atoms. The van der Waals surface area contributed by atoms with E-state index in [1.54, 1.807) is 36.7 Å². The summed E-state index contributed by atoms with van der Waals surface area (Å²) in [5.74, 6) is -1.01. The number of fused-ring (bicyclic) bond motifs is 1. The van der Waals surface area contributed by atoms with Crippen LogP contribution < -0.4 is 9.64 Å². The summed E-state index contributed by atoms with van der Waals surface area (Å²) < 4.78 is 6.41. The number of rotatable bonds is 5. The lowest BCUT2D eigenvalue weighted by atomic mass is 9.96. The van der Waals surface area contributed by atoms with E-state index in [1.807, 2.05) is 44.2 Å². The third-order valence-electron chi connectivity index (χ3n) is 5.66. The summed E-state index contributed by atoms with van der Waals surface area (Å²) in [6.45, 7) is 4.38. The second-order valence-electron chi connectivity index (χ2n) is 7.87. The van der Waals surface area contributed by atoms with Crippen LogP contribution in [-0.4, -0.2) is 33.4 Å². The van der Waals surface area contributed by atoms with E-state index >= 15 is 0 Å². The lowest BCUT2D eigenvalue weighted by Gasteiger charge is -2.22. The number of carbonyl (C=O) groups excluding carboxylic acids is 2. The van der Waals surface area contributed by atoms with Gasteiger partial charge in [-0.15, -0.1) is 0 Å². The monoisotopic (exact) mass is 471 g/mol. The molecular weight excluding hydrogens is 450 g/mol. The summed E-state index contributed by atoms with van der Waals surface area (Å²) in [6, 6.07) is 15.3. The number of aliphatic hydroxyl groups is 1. The number of carbonyl (C=O) groups is 2. The first-order chi connectivity index (χ1) is 16.5. The molecule has 0 aliphatic carbocycles. The quantitative estimate of drug-likeness (QED) is 0.249. The Labute approximate surface area is 200 Å². The Morgan fingerprint density at radius 3 is 2.53 bits per heavy atom. The van der Waals surface area contributed by atoms with Crippen LogP contribution in [0.15, 0.2) is 72.6 Å². The number of ether oxygens (including phenoxy) is 1. The molecule has 1 atom stereocenters. The Balaban J connectivity index is 1.68. The SMILES string of the molecule is CCOc1ccc2nc(N3C(=O)C(=O)C(=C(O)c4ccc(C)cc4)C3c3ccncc3)sc2c1. The van der Waals surface area contributed by atoms with Gasteiger partial charge in [0, 0.05) is 18.0 Å². The number of aromatic nitrogens is 2.